The van der Waals surface area contributed by atoms with E-state index in [9.17, 15) is 10.4 Å². The molecule has 1 aromatic rings. The summed E-state index contributed by atoms with van der Waals surface area (Å²) in [6, 6.07) is 7.42. The average molecular weight is 298 g/mol. The van der Waals surface area contributed by atoms with Gasteiger partial charge in [0.15, 0.2) is 0 Å². The van der Waals surface area contributed by atoms with Crippen molar-refractivity contribution in [2.45, 2.75) is 38.7 Å². The highest BCUT2D eigenvalue weighted by molar-refractivity contribution is 6.42. The van der Waals surface area contributed by atoms with E-state index in [1.165, 1.54) is 0 Å². The SMILES string of the molecule is CCC1CCC(C#N)(C(O)c2ccc(Cl)c(Cl)c2)C1. The third kappa shape index (κ3) is 2.74. The minimum absolute atomic E-state index is 0.413. The van der Waals surface area contributed by atoms with Crippen molar-refractivity contribution < 1.29 is 5.11 Å². The number of hydrogen-bond acceptors (Lipinski definition) is 2. The highest BCUT2D eigenvalue weighted by atomic mass is 35.5. The van der Waals surface area contributed by atoms with E-state index in [-0.39, 0.29) is 0 Å². The lowest BCUT2D eigenvalue weighted by Gasteiger charge is -2.28. The zero-order valence-corrected chi connectivity index (χ0v) is 12.4. The van der Waals surface area contributed by atoms with E-state index in [2.05, 4.69) is 13.0 Å². The molecule has 4 heteroatoms. The van der Waals surface area contributed by atoms with Gasteiger partial charge in [-0.1, -0.05) is 42.6 Å². The second kappa shape index (κ2) is 5.71. The lowest BCUT2D eigenvalue weighted by atomic mass is 9.78. The molecule has 1 fully saturated rings. The van der Waals surface area contributed by atoms with Crippen LogP contribution in [0, 0.1) is 22.7 Å². The minimum Gasteiger partial charge on any atom is -0.387 e. The summed E-state index contributed by atoms with van der Waals surface area (Å²) < 4.78 is 0. The molecule has 0 aliphatic heterocycles. The van der Waals surface area contributed by atoms with E-state index in [0.717, 1.165) is 25.7 Å². The maximum absolute atomic E-state index is 10.6. The topological polar surface area (TPSA) is 44.0 Å². The number of rotatable bonds is 3. The van der Waals surface area contributed by atoms with Crippen molar-refractivity contribution in [1.29, 1.82) is 5.26 Å². The second-order valence-electron chi connectivity index (χ2n) is 5.36. The molecule has 0 aromatic heterocycles. The maximum atomic E-state index is 10.6. The van der Waals surface area contributed by atoms with Gasteiger partial charge in [-0.25, -0.2) is 0 Å². The number of benzene rings is 1. The Bertz CT molecular complexity index is 511. The van der Waals surface area contributed by atoms with Gasteiger partial charge in [0.1, 0.15) is 0 Å². The zero-order valence-electron chi connectivity index (χ0n) is 10.9. The first-order valence-electron chi connectivity index (χ1n) is 6.56. The smallest absolute Gasteiger partial charge is 0.0976 e. The summed E-state index contributed by atoms with van der Waals surface area (Å²) in [7, 11) is 0. The summed E-state index contributed by atoms with van der Waals surface area (Å²) >= 11 is 11.9. The Kier molecular flexibility index (Phi) is 4.40. The molecule has 102 valence electrons. The largest absolute Gasteiger partial charge is 0.387 e. The van der Waals surface area contributed by atoms with Gasteiger partial charge in [-0.15, -0.1) is 0 Å². The summed E-state index contributed by atoms with van der Waals surface area (Å²) in [6.07, 6.45) is 2.74. The van der Waals surface area contributed by atoms with Crippen LogP contribution in [-0.4, -0.2) is 5.11 Å². The molecule has 3 unspecified atom stereocenters. The van der Waals surface area contributed by atoms with Crippen LogP contribution in [0.15, 0.2) is 18.2 Å². The van der Waals surface area contributed by atoms with Gasteiger partial charge in [-0.3, -0.25) is 0 Å². The monoisotopic (exact) mass is 297 g/mol. The Morgan fingerprint density at radius 3 is 2.74 bits per heavy atom. The standard InChI is InChI=1S/C15H17Cl2NO/c1-2-10-5-6-15(8-10,9-18)14(19)11-3-4-12(16)13(17)7-11/h3-4,7,10,14,19H,2,5-6,8H2,1H3. The molecular formula is C15H17Cl2NO. The van der Waals surface area contributed by atoms with Crippen molar-refractivity contribution in [2.75, 3.05) is 0 Å². The van der Waals surface area contributed by atoms with Crippen LogP contribution in [0.1, 0.15) is 44.3 Å². The van der Waals surface area contributed by atoms with Gasteiger partial charge in [0.2, 0.25) is 0 Å². The Labute approximate surface area is 124 Å². The van der Waals surface area contributed by atoms with Crippen molar-refractivity contribution in [1.82, 2.24) is 0 Å². The second-order valence-corrected chi connectivity index (χ2v) is 6.18. The van der Waals surface area contributed by atoms with Crippen LogP contribution in [0.2, 0.25) is 10.0 Å². The molecule has 1 saturated carbocycles. The Hall–Kier alpha value is -0.750. The Balaban J connectivity index is 2.29. The van der Waals surface area contributed by atoms with Crippen molar-refractivity contribution in [2.24, 2.45) is 11.3 Å². The average Bonchev–Trinajstić information content (AvgIpc) is 2.86. The molecule has 1 aliphatic carbocycles. The first-order chi connectivity index (χ1) is 9.02. The molecule has 0 bridgehead atoms. The third-order valence-corrected chi connectivity index (χ3v) is 4.97. The summed E-state index contributed by atoms with van der Waals surface area (Å²) in [6.45, 7) is 2.13. The molecule has 0 saturated heterocycles. The highest BCUT2D eigenvalue weighted by Crippen LogP contribution is 2.50. The maximum Gasteiger partial charge on any atom is 0.0976 e. The van der Waals surface area contributed by atoms with Crippen LogP contribution >= 0.6 is 23.2 Å². The summed E-state index contributed by atoms with van der Waals surface area (Å²) in [5.41, 5.74) is -0.00890. The first kappa shape index (κ1) is 14.7. The lowest BCUT2D eigenvalue weighted by Crippen LogP contribution is -2.24. The van der Waals surface area contributed by atoms with E-state index in [4.69, 9.17) is 23.2 Å². The first-order valence-corrected chi connectivity index (χ1v) is 7.32. The van der Waals surface area contributed by atoms with Crippen molar-refractivity contribution in [3.8, 4) is 6.07 Å². The lowest BCUT2D eigenvalue weighted by molar-refractivity contribution is 0.0641. The highest BCUT2D eigenvalue weighted by Gasteiger charge is 2.45. The normalized spacial score (nSPS) is 28.1. The molecule has 0 radical (unpaired) electrons. The molecular weight excluding hydrogens is 281 g/mol. The van der Waals surface area contributed by atoms with Gasteiger partial charge in [-0.2, -0.15) is 5.26 Å². The van der Waals surface area contributed by atoms with E-state index in [1.807, 2.05) is 0 Å². The van der Waals surface area contributed by atoms with E-state index in [1.54, 1.807) is 18.2 Å². The minimum atomic E-state index is -0.802. The van der Waals surface area contributed by atoms with Crippen LogP contribution < -0.4 is 0 Å². The van der Waals surface area contributed by atoms with E-state index in [0.29, 0.717) is 21.5 Å². The number of nitriles is 1. The molecule has 1 N–H and O–H groups in total. The van der Waals surface area contributed by atoms with Crippen LogP contribution in [0.5, 0.6) is 0 Å². The molecule has 2 rings (SSSR count). The molecule has 3 atom stereocenters. The van der Waals surface area contributed by atoms with Gasteiger partial charge in [0, 0.05) is 0 Å². The zero-order chi connectivity index (χ0) is 14.0. The fourth-order valence-corrected chi connectivity index (χ4v) is 3.25. The fraction of sp³-hybridized carbons (Fsp3) is 0.533. The number of aliphatic hydroxyl groups excluding tert-OH is 1. The van der Waals surface area contributed by atoms with Gasteiger partial charge in [0.05, 0.1) is 27.6 Å². The quantitative estimate of drug-likeness (QED) is 0.875. The van der Waals surface area contributed by atoms with Crippen LogP contribution in [0.4, 0.5) is 0 Å². The summed E-state index contributed by atoms with van der Waals surface area (Å²) in [5, 5.41) is 21.0. The van der Waals surface area contributed by atoms with E-state index < -0.39 is 11.5 Å². The number of aliphatic hydroxyl groups is 1. The Morgan fingerprint density at radius 2 is 2.21 bits per heavy atom. The fourth-order valence-electron chi connectivity index (χ4n) is 2.94. The van der Waals surface area contributed by atoms with Gasteiger partial charge >= 0.3 is 0 Å². The molecule has 1 aliphatic rings. The molecule has 0 amide bonds. The van der Waals surface area contributed by atoms with Gasteiger partial charge < -0.3 is 5.11 Å². The molecule has 0 spiro atoms. The van der Waals surface area contributed by atoms with Crippen LogP contribution in [0.3, 0.4) is 0 Å². The van der Waals surface area contributed by atoms with E-state index >= 15 is 0 Å². The van der Waals surface area contributed by atoms with Crippen LogP contribution in [-0.2, 0) is 0 Å². The van der Waals surface area contributed by atoms with Gasteiger partial charge in [0.25, 0.3) is 0 Å². The predicted molar refractivity (Wildman–Crippen MR) is 77.1 cm³/mol. The van der Waals surface area contributed by atoms with Gasteiger partial charge in [-0.05, 0) is 42.9 Å². The molecule has 0 heterocycles. The Morgan fingerprint density at radius 1 is 1.47 bits per heavy atom. The summed E-state index contributed by atoms with van der Waals surface area (Å²) in [4.78, 5) is 0. The van der Waals surface area contributed by atoms with Crippen molar-refractivity contribution >= 4 is 23.2 Å². The number of hydrogen-bond donors (Lipinski definition) is 1. The van der Waals surface area contributed by atoms with Crippen molar-refractivity contribution in [3.05, 3.63) is 33.8 Å². The summed E-state index contributed by atoms with van der Waals surface area (Å²) in [5.74, 6) is 0.525. The van der Waals surface area contributed by atoms with Crippen molar-refractivity contribution in [3.63, 3.8) is 0 Å². The number of nitrogens with zero attached hydrogens (tertiary/aromatic N) is 1. The number of halogens is 2. The molecule has 2 nitrogen and oxygen atoms in total. The third-order valence-electron chi connectivity index (χ3n) is 4.23. The predicted octanol–water partition coefficient (Wildman–Crippen LogP) is 4.75. The molecule has 19 heavy (non-hydrogen) atoms. The van der Waals surface area contributed by atoms with Crippen LogP contribution in [0.25, 0.3) is 0 Å². The molecule has 1 aromatic carbocycles.